The van der Waals surface area contributed by atoms with Crippen molar-refractivity contribution in [1.82, 2.24) is 14.9 Å². The third-order valence-electron chi connectivity index (χ3n) is 4.48. The average molecular weight is 419 g/mol. The standard InChI is InChI=1S/C23H26N6O2/c1-29(2)15-20(31)22(24)17-8-10-18(11-9-17)27-23-25-13-12-21(28-23)26-14-19(30)16-6-4-3-5-7-16/h3-13,19,24,30H,14-15H2,1-2H3,(H2,25,26,27,28). The number of nitrogens with zero attached hydrogens (tertiary/aromatic N) is 3. The van der Waals surface area contributed by atoms with Gasteiger partial charge in [0.15, 0.2) is 5.78 Å². The van der Waals surface area contributed by atoms with Gasteiger partial charge in [-0.05, 0) is 37.9 Å². The maximum Gasteiger partial charge on any atom is 0.229 e. The third-order valence-corrected chi connectivity index (χ3v) is 4.48. The van der Waals surface area contributed by atoms with Gasteiger partial charge in [-0.25, -0.2) is 4.98 Å². The summed E-state index contributed by atoms with van der Waals surface area (Å²) in [6.45, 7) is 0.518. The zero-order valence-corrected chi connectivity index (χ0v) is 17.5. The van der Waals surface area contributed by atoms with Crippen molar-refractivity contribution < 1.29 is 9.90 Å². The lowest BCUT2D eigenvalue weighted by Gasteiger charge is -2.13. The summed E-state index contributed by atoms with van der Waals surface area (Å²) in [6.07, 6.45) is 0.974. The molecule has 0 bridgehead atoms. The molecule has 1 heterocycles. The van der Waals surface area contributed by atoms with Crippen LogP contribution in [0.4, 0.5) is 17.5 Å². The Morgan fingerprint density at radius 2 is 1.81 bits per heavy atom. The maximum absolute atomic E-state index is 12.0. The van der Waals surface area contributed by atoms with Crippen molar-refractivity contribution in [1.29, 1.82) is 5.41 Å². The molecule has 0 amide bonds. The molecule has 160 valence electrons. The van der Waals surface area contributed by atoms with Gasteiger partial charge in [0.1, 0.15) is 11.5 Å². The lowest BCUT2D eigenvalue weighted by molar-refractivity contribution is -0.113. The van der Waals surface area contributed by atoms with Crippen LogP contribution in [0.3, 0.4) is 0 Å². The van der Waals surface area contributed by atoms with E-state index in [1.54, 1.807) is 55.5 Å². The van der Waals surface area contributed by atoms with Crippen LogP contribution in [0.2, 0.25) is 0 Å². The first kappa shape index (κ1) is 22.1. The monoisotopic (exact) mass is 418 g/mol. The highest BCUT2D eigenvalue weighted by atomic mass is 16.3. The molecule has 1 unspecified atom stereocenters. The smallest absolute Gasteiger partial charge is 0.229 e. The molecule has 0 aliphatic carbocycles. The Kier molecular flexibility index (Phi) is 7.42. The van der Waals surface area contributed by atoms with Crippen molar-refractivity contribution in [2.45, 2.75) is 6.10 Å². The Morgan fingerprint density at radius 3 is 2.48 bits per heavy atom. The summed E-state index contributed by atoms with van der Waals surface area (Å²) >= 11 is 0. The summed E-state index contributed by atoms with van der Waals surface area (Å²) in [5.74, 6) is 0.747. The zero-order valence-electron chi connectivity index (χ0n) is 17.5. The lowest BCUT2D eigenvalue weighted by atomic mass is 10.1. The van der Waals surface area contributed by atoms with Gasteiger partial charge in [-0.1, -0.05) is 42.5 Å². The highest BCUT2D eigenvalue weighted by Gasteiger charge is 2.13. The van der Waals surface area contributed by atoms with Crippen LogP contribution in [0, 0.1) is 5.41 Å². The average Bonchev–Trinajstić information content (AvgIpc) is 2.78. The quantitative estimate of drug-likeness (QED) is 0.374. The fraction of sp³-hybridized carbons (Fsp3) is 0.217. The fourth-order valence-corrected chi connectivity index (χ4v) is 2.89. The number of likely N-dealkylation sites (N-methyl/N-ethyl adjacent to an activating group) is 1. The zero-order chi connectivity index (χ0) is 22.2. The molecule has 1 aromatic heterocycles. The van der Waals surface area contributed by atoms with Gasteiger partial charge >= 0.3 is 0 Å². The number of carbonyl (C=O) groups is 1. The predicted molar refractivity (Wildman–Crippen MR) is 122 cm³/mol. The van der Waals surface area contributed by atoms with Gasteiger partial charge in [-0.15, -0.1) is 0 Å². The van der Waals surface area contributed by atoms with Crippen molar-refractivity contribution in [2.24, 2.45) is 0 Å². The minimum absolute atomic E-state index is 0.0142. The number of carbonyl (C=O) groups excluding carboxylic acids is 1. The number of aliphatic hydroxyl groups excluding tert-OH is 1. The minimum atomic E-state index is -0.648. The van der Waals surface area contributed by atoms with Gasteiger partial charge in [-0.3, -0.25) is 10.2 Å². The van der Waals surface area contributed by atoms with E-state index in [1.165, 1.54) is 0 Å². The summed E-state index contributed by atoms with van der Waals surface area (Å²) in [5, 5.41) is 24.5. The molecule has 0 radical (unpaired) electrons. The van der Waals surface area contributed by atoms with Crippen molar-refractivity contribution in [3.8, 4) is 0 Å². The van der Waals surface area contributed by atoms with E-state index < -0.39 is 6.10 Å². The Bertz CT molecular complexity index is 1020. The lowest BCUT2D eigenvalue weighted by Crippen LogP contribution is -2.27. The van der Waals surface area contributed by atoms with Crippen LogP contribution in [0.1, 0.15) is 17.2 Å². The highest BCUT2D eigenvalue weighted by Crippen LogP contribution is 2.17. The van der Waals surface area contributed by atoms with Gasteiger partial charge in [0.25, 0.3) is 0 Å². The maximum atomic E-state index is 12.0. The summed E-state index contributed by atoms with van der Waals surface area (Å²) in [5.41, 5.74) is 2.11. The van der Waals surface area contributed by atoms with Crippen molar-refractivity contribution in [3.05, 3.63) is 78.0 Å². The largest absolute Gasteiger partial charge is 0.387 e. The first-order valence-electron chi connectivity index (χ1n) is 9.86. The van der Waals surface area contributed by atoms with Crippen LogP contribution in [0.25, 0.3) is 0 Å². The van der Waals surface area contributed by atoms with E-state index >= 15 is 0 Å². The Hall–Kier alpha value is -3.62. The molecule has 0 saturated heterocycles. The second-order valence-electron chi connectivity index (χ2n) is 7.31. The summed E-state index contributed by atoms with van der Waals surface area (Å²) in [6, 6.07) is 18.1. The molecular weight excluding hydrogens is 392 g/mol. The van der Waals surface area contributed by atoms with E-state index in [1.807, 2.05) is 30.3 Å². The van der Waals surface area contributed by atoms with Crippen LogP contribution < -0.4 is 10.6 Å². The number of Topliss-reactive ketones (excluding diaryl/α,β-unsaturated/α-hetero) is 1. The molecule has 2 aromatic carbocycles. The first-order chi connectivity index (χ1) is 14.9. The van der Waals surface area contributed by atoms with Gasteiger partial charge in [0.2, 0.25) is 5.95 Å². The van der Waals surface area contributed by atoms with E-state index in [-0.39, 0.29) is 18.0 Å². The Balaban J connectivity index is 1.59. The molecule has 31 heavy (non-hydrogen) atoms. The molecule has 3 rings (SSSR count). The van der Waals surface area contributed by atoms with Crippen LogP contribution in [-0.2, 0) is 4.79 Å². The van der Waals surface area contributed by atoms with Crippen LogP contribution in [0.5, 0.6) is 0 Å². The van der Waals surface area contributed by atoms with Gasteiger partial charge in [0.05, 0.1) is 12.6 Å². The van der Waals surface area contributed by atoms with Crippen LogP contribution >= 0.6 is 0 Å². The number of hydrogen-bond donors (Lipinski definition) is 4. The molecule has 0 fully saturated rings. The van der Waals surface area contributed by atoms with Gasteiger partial charge in [0, 0.05) is 24.0 Å². The van der Waals surface area contributed by atoms with E-state index in [0.717, 1.165) is 11.3 Å². The number of aromatic nitrogens is 2. The van der Waals surface area contributed by atoms with Crippen molar-refractivity contribution >= 4 is 28.9 Å². The second kappa shape index (κ2) is 10.4. The summed E-state index contributed by atoms with van der Waals surface area (Å²) in [4.78, 5) is 22.4. The van der Waals surface area contributed by atoms with Crippen LogP contribution in [-0.4, -0.2) is 58.7 Å². The van der Waals surface area contributed by atoms with Crippen LogP contribution in [0.15, 0.2) is 66.9 Å². The molecule has 3 aromatic rings. The molecule has 0 aliphatic heterocycles. The number of ketones is 1. The normalized spacial score (nSPS) is 11.7. The van der Waals surface area contributed by atoms with E-state index in [2.05, 4.69) is 20.6 Å². The van der Waals surface area contributed by atoms with E-state index in [0.29, 0.717) is 23.9 Å². The van der Waals surface area contributed by atoms with Crippen molar-refractivity contribution in [3.63, 3.8) is 0 Å². The molecule has 0 aliphatic rings. The molecule has 0 spiro atoms. The van der Waals surface area contributed by atoms with E-state index in [9.17, 15) is 9.90 Å². The van der Waals surface area contributed by atoms with E-state index in [4.69, 9.17) is 5.41 Å². The number of nitrogens with one attached hydrogen (secondary N) is 3. The molecule has 1 atom stereocenters. The predicted octanol–water partition coefficient (Wildman–Crippen LogP) is 2.86. The minimum Gasteiger partial charge on any atom is -0.387 e. The molecule has 4 N–H and O–H groups in total. The Morgan fingerprint density at radius 1 is 1.10 bits per heavy atom. The number of anilines is 3. The molecular formula is C23H26N6O2. The topological polar surface area (TPSA) is 114 Å². The molecule has 8 heteroatoms. The molecule has 8 nitrogen and oxygen atoms in total. The van der Waals surface area contributed by atoms with Gasteiger partial charge in [-0.2, -0.15) is 4.98 Å². The van der Waals surface area contributed by atoms with Crippen molar-refractivity contribution in [2.75, 3.05) is 37.8 Å². The second-order valence-corrected chi connectivity index (χ2v) is 7.31. The fourth-order valence-electron chi connectivity index (χ4n) is 2.89. The third kappa shape index (κ3) is 6.43. The van der Waals surface area contributed by atoms with Gasteiger partial charge < -0.3 is 20.6 Å². The number of benzene rings is 2. The number of aliphatic hydroxyl groups is 1. The Labute approximate surface area is 181 Å². The highest BCUT2D eigenvalue weighted by molar-refractivity contribution is 6.45. The number of hydrogen-bond acceptors (Lipinski definition) is 8. The molecule has 0 saturated carbocycles. The summed E-state index contributed by atoms with van der Waals surface area (Å²) in [7, 11) is 3.59. The SMILES string of the molecule is CN(C)CC(=O)C(=N)c1ccc(Nc2nccc(NCC(O)c3ccccc3)n2)cc1. The summed E-state index contributed by atoms with van der Waals surface area (Å²) < 4.78 is 0. The first-order valence-corrected chi connectivity index (χ1v) is 9.86. The number of rotatable bonds is 10.